The molecule has 0 bridgehead atoms. The standard InChI is InChI=1S/C31H37N7O2S2/c1-37(2)24-12-8-20(9-13-24)16-26(39)19-28-33-34-29(41-28)22-6-5-7-23(18-22)30-35-36-31(42-30)32-27(40)17-21-10-14-25(15-11-21)38(3)4/h8-15,22-23H,5-7,16-19H2,1-4H3,(H,32,36,40)/t22-,23-/m1/s1. The van der Waals surface area contributed by atoms with Crippen LogP contribution in [-0.4, -0.2) is 60.3 Å². The number of nitrogens with zero attached hydrogens (tertiary/aromatic N) is 6. The summed E-state index contributed by atoms with van der Waals surface area (Å²) >= 11 is 3.01. The van der Waals surface area contributed by atoms with Crippen molar-refractivity contribution >= 4 is 50.9 Å². The molecule has 2 heterocycles. The van der Waals surface area contributed by atoms with Crippen molar-refractivity contribution in [1.29, 1.82) is 0 Å². The molecular formula is C31H37N7O2S2. The maximum Gasteiger partial charge on any atom is 0.230 e. The molecule has 1 saturated carbocycles. The Hall–Kier alpha value is -3.70. The van der Waals surface area contributed by atoms with Gasteiger partial charge >= 0.3 is 0 Å². The van der Waals surface area contributed by atoms with E-state index in [-0.39, 0.29) is 23.5 Å². The molecule has 0 aliphatic heterocycles. The maximum absolute atomic E-state index is 12.7. The summed E-state index contributed by atoms with van der Waals surface area (Å²) in [5.74, 6) is 0.601. The van der Waals surface area contributed by atoms with E-state index >= 15 is 0 Å². The summed E-state index contributed by atoms with van der Waals surface area (Å²) < 4.78 is 0. The molecule has 220 valence electrons. The van der Waals surface area contributed by atoms with Crippen molar-refractivity contribution in [3.05, 3.63) is 74.7 Å². The third kappa shape index (κ3) is 7.77. The molecule has 2 aromatic heterocycles. The molecule has 0 saturated heterocycles. The normalized spacial score (nSPS) is 16.7. The molecule has 9 nitrogen and oxygen atoms in total. The second kappa shape index (κ2) is 13.5. The predicted molar refractivity (Wildman–Crippen MR) is 170 cm³/mol. The molecule has 2 aromatic carbocycles. The fourth-order valence-corrected chi connectivity index (χ4v) is 7.15. The molecule has 42 heavy (non-hydrogen) atoms. The molecule has 1 fully saturated rings. The number of aromatic nitrogens is 4. The van der Waals surface area contributed by atoms with Crippen LogP contribution in [0.3, 0.4) is 0 Å². The minimum absolute atomic E-state index is 0.0988. The van der Waals surface area contributed by atoms with Gasteiger partial charge in [-0.1, -0.05) is 42.0 Å². The minimum atomic E-state index is -0.0988. The minimum Gasteiger partial charge on any atom is -0.378 e. The molecule has 1 aliphatic carbocycles. The predicted octanol–water partition coefficient (Wildman–Crippen LogP) is 5.50. The highest BCUT2D eigenvalue weighted by molar-refractivity contribution is 7.15. The lowest BCUT2D eigenvalue weighted by Gasteiger charge is -2.25. The monoisotopic (exact) mass is 603 g/mol. The Morgan fingerprint density at radius 1 is 0.738 bits per heavy atom. The van der Waals surface area contributed by atoms with Crippen LogP contribution in [0.15, 0.2) is 48.5 Å². The Kier molecular flexibility index (Phi) is 9.58. The Balaban J connectivity index is 1.12. The van der Waals surface area contributed by atoms with Crippen molar-refractivity contribution in [2.24, 2.45) is 0 Å². The van der Waals surface area contributed by atoms with Crippen molar-refractivity contribution in [2.45, 2.75) is 56.8 Å². The zero-order valence-electron chi connectivity index (χ0n) is 24.5. The number of amides is 1. The van der Waals surface area contributed by atoms with Crippen LogP contribution >= 0.6 is 22.7 Å². The molecule has 0 radical (unpaired) electrons. The molecule has 2 atom stereocenters. The van der Waals surface area contributed by atoms with Crippen LogP contribution in [0.5, 0.6) is 0 Å². The number of ketones is 1. The van der Waals surface area contributed by atoms with E-state index in [4.69, 9.17) is 0 Å². The molecular weight excluding hydrogens is 567 g/mol. The van der Waals surface area contributed by atoms with Gasteiger partial charge in [-0.15, -0.1) is 31.7 Å². The lowest BCUT2D eigenvalue weighted by atomic mass is 9.82. The molecule has 4 aromatic rings. The summed E-state index contributed by atoms with van der Waals surface area (Å²) in [6, 6.07) is 16.1. The van der Waals surface area contributed by atoms with E-state index in [2.05, 4.69) is 25.7 Å². The topological polar surface area (TPSA) is 104 Å². The van der Waals surface area contributed by atoms with Gasteiger partial charge in [0.05, 0.1) is 12.8 Å². The zero-order chi connectivity index (χ0) is 29.6. The average Bonchev–Trinajstić information content (AvgIpc) is 3.63. The first kappa shape index (κ1) is 29.8. The van der Waals surface area contributed by atoms with E-state index in [1.54, 1.807) is 11.3 Å². The Morgan fingerprint density at radius 3 is 1.88 bits per heavy atom. The van der Waals surface area contributed by atoms with Gasteiger partial charge in [-0.05, 0) is 54.7 Å². The van der Waals surface area contributed by atoms with E-state index in [1.807, 2.05) is 86.5 Å². The van der Waals surface area contributed by atoms with Gasteiger partial charge in [0.25, 0.3) is 0 Å². The van der Waals surface area contributed by atoms with E-state index in [9.17, 15) is 9.59 Å². The number of carbonyl (C=O) groups excluding carboxylic acids is 2. The smallest absolute Gasteiger partial charge is 0.230 e. The molecule has 1 aliphatic rings. The van der Waals surface area contributed by atoms with Crippen molar-refractivity contribution < 1.29 is 9.59 Å². The van der Waals surface area contributed by atoms with Gasteiger partial charge in [0.1, 0.15) is 20.8 Å². The number of hydrogen-bond donors (Lipinski definition) is 1. The van der Waals surface area contributed by atoms with Gasteiger partial charge in [-0.25, -0.2) is 0 Å². The van der Waals surface area contributed by atoms with Crippen LogP contribution in [0.4, 0.5) is 16.5 Å². The van der Waals surface area contributed by atoms with Gasteiger partial charge in [0.15, 0.2) is 0 Å². The lowest BCUT2D eigenvalue weighted by molar-refractivity contribution is -0.118. The van der Waals surface area contributed by atoms with Gasteiger partial charge in [-0.3, -0.25) is 9.59 Å². The highest BCUT2D eigenvalue weighted by Gasteiger charge is 2.29. The average molecular weight is 604 g/mol. The second-order valence-electron chi connectivity index (χ2n) is 11.3. The first-order chi connectivity index (χ1) is 20.2. The Labute approximate surface area is 255 Å². The van der Waals surface area contributed by atoms with Crippen LogP contribution in [-0.2, 0) is 28.9 Å². The molecule has 0 unspecified atom stereocenters. The summed E-state index contributed by atoms with van der Waals surface area (Å²) in [7, 11) is 7.98. The Bertz CT molecular complexity index is 1380. The molecule has 5 rings (SSSR count). The third-order valence-corrected chi connectivity index (χ3v) is 9.65. The van der Waals surface area contributed by atoms with Gasteiger partial charge < -0.3 is 15.1 Å². The highest BCUT2D eigenvalue weighted by Crippen LogP contribution is 2.43. The largest absolute Gasteiger partial charge is 0.378 e. The van der Waals surface area contributed by atoms with Gasteiger partial charge in [-0.2, -0.15) is 0 Å². The van der Waals surface area contributed by atoms with Crippen LogP contribution in [0, 0.1) is 0 Å². The van der Waals surface area contributed by atoms with Gasteiger partial charge in [0, 0.05) is 57.8 Å². The van der Waals surface area contributed by atoms with Crippen LogP contribution < -0.4 is 15.1 Å². The maximum atomic E-state index is 12.7. The number of rotatable bonds is 11. The summed E-state index contributed by atoms with van der Waals surface area (Å²) in [6.45, 7) is 0. The van der Waals surface area contributed by atoms with Crippen molar-refractivity contribution in [1.82, 2.24) is 20.4 Å². The number of hydrogen-bond acceptors (Lipinski definition) is 10. The number of carbonyl (C=O) groups is 2. The Morgan fingerprint density at radius 2 is 1.29 bits per heavy atom. The SMILES string of the molecule is CN(C)c1ccc(CC(=O)Cc2nnc([C@@H]3CCC[C@@H](c4nnc(NC(=O)Cc5ccc(N(C)C)cc5)s4)C3)s2)cc1. The van der Waals surface area contributed by atoms with E-state index < -0.39 is 0 Å². The summed E-state index contributed by atoms with van der Waals surface area (Å²) in [5.41, 5.74) is 4.17. The van der Waals surface area contributed by atoms with Crippen molar-refractivity contribution in [3.8, 4) is 0 Å². The van der Waals surface area contributed by atoms with E-state index in [0.717, 1.165) is 63.2 Å². The number of nitrogens with one attached hydrogen (secondary N) is 1. The molecule has 0 spiro atoms. The van der Waals surface area contributed by atoms with E-state index in [0.29, 0.717) is 24.4 Å². The van der Waals surface area contributed by atoms with Crippen LogP contribution in [0.1, 0.15) is 63.7 Å². The van der Waals surface area contributed by atoms with Crippen LogP contribution in [0.25, 0.3) is 0 Å². The summed E-state index contributed by atoms with van der Waals surface area (Å²) in [5, 5.41) is 23.7. The first-order valence-electron chi connectivity index (χ1n) is 14.2. The fraction of sp³-hybridized carbons (Fsp3) is 0.419. The number of Topliss-reactive ketones (excluding diaryl/α,β-unsaturated/α-hetero) is 1. The summed E-state index contributed by atoms with van der Waals surface area (Å²) in [4.78, 5) is 29.4. The molecule has 1 N–H and O–H groups in total. The van der Waals surface area contributed by atoms with Crippen molar-refractivity contribution in [3.63, 3.8) is 0 Å². The first-order valence-corrected chi connectivity index (χ1v) is 15.9. The van der Waals surface area contributed by atoms with Gasteiger partial charge in [0.2, 0.25) is 11.0 Å². The zero-order valence-corrected chi connectivity index (χ0v) is 26.2. The lowest BCUT2D eigenvalue weighted by Crippen LogP contribution is -2.14. The highest BCUT2D eigenvalue weighted by atomic mass is 32.1. The number of benzene rings is 2. The molecule has 11 heteroatoms. The fourth-order valence-electron chi connectivity index (χ4n) is 5.22. The second-order valence-corrected chi connectivity index (χ2v) is 13.4. The third-order valence-electron chi connectivity index (χ3n) is 7.56. The van der Waals surface area contributed by atoms with Crippen LogP contribution in [0.2, 0.25) is 0 Å². The summed E-state index contributed by atoms with van der Waals surface area (Å²) in [6.07, 6.45) is 5.06. The number of anilines is 3. The van der Waals surface area contributed by atoms with E-state index in [1.165, 1.54) is 11.3 Å². The van der Waals surface area contributed by atoms with Crippen molar-refractivity contribution in [2.75, 3.05) is 43.3 Å². The molecule has 1 amide bonds. The quantitative estimate of drug-likeness (QED) is 0.240.